The Morgan fingerprint density at radius 2 is 1.93 bits per heavy atom. The smallest absolute Gasteiger partial charge is 0.119 e. The molecule has 0 heterocycles. The van der Waals surface area contributed by atoms with Crippen molar-refractivity contribution in [3.05, 3.63) is 28.7 Å². The van der Waals surface area contributed by atoms with Crippen molar-refractivity contribution in [3.8, 4) is 5.75 Å². The van der Waals surface area contributed by atoms with E-state index in [-0.39, 0.29) is 12.1 Å². The second-order valence-electron chi connectivity index (χ2n) is 3.70. The number of ether oxygens (including phenoxy) is 1. The number of rotatable bonds is 2. The van der Waals surface area contributed by atoms with Gasteiger partial charge in [-0.1, -0.05) is 15.9 Å². The predicted octanol–water partition coefficient (Wildman–Crippen LogP) is 2.71. The third kappa shape index (κ3) is 2.28. The Balaban J connectivity index is 2.00. The summed E-state index contributed by atoms with van der Waals surface area (Å²) in [6.45, 7) is 0. The van der Waals surface area contributed by atoms with Gasteiger partial charge in [0.15, 0.2) is 0 Å². The van der Waals surface area contributed by atoms with Crippen LogP contribution in [0.5, 0.6) is 5.75 Å². The van der Waals surface area contributed by atoms with Crippen molar-refractivity contribution in [1.29, 1.82) is 0 Å². The minimum atomic E-state index is 0.205. The Kier molecular flexibility index (Phi) is 3.08. The molecule has 1 aliphatic carbocycles. The minimum absolute atomic E-state index is 0.205. The molecule has 2 atom stereocenters. The van der Waals surface area contributed by atoms with Crippen LogP contribution in [0.25, 0.3) is 0 Å². The molecule has 0 spiro atoms. The molecule has 76 valence electrons. The number of nitrogens with two attached hydrogens (primary N) is 1. The molecule has 1 saturated carbocycles. The molecular formula is C11H14BrNO. The monoisotopic (exact) mass is 255 g/mol. The minimum Gasteiger partial charge on any atom is -0.489 e. The fourth-order valence-corrected chi connectivity index (χ4v) is 2.05. The van der Waals surface area contributed by atoms with E-state index in [1.807, 2.05) is 24.3 Å². The first-order valence-electron chi connectivity index (χ1n) is 4.93. The van der Waals surface area contributed by atoms with Crippen LogP contribution in [-0.2, 0) is 0 Å². The van der Waals surface area contributed by atoms with Gasteiger partial charge in [0.05, 0.1) is 0 Å². The maximum Gasteiger partial charge on any atom is 0.119 e. The van der Waals surface area contributed by atoms with E-state index in [4.69, 9.17) is 10.5 Å². The summed E-state index contributed by atoms with van der Waals surface area (Å²) in [7, 11) is 0. The first kappa shape index (κ1) is 9.99. The van der Waals surface area contributed by atoms with E-state index in [2.05, 4.69) is 15.9 Å². The third-order valence-corrected chi connectivity index (χ3v) is 3.13. The van der Waals surface area contributed by atoms with Crippen molar-refractivity contribution < 1.29 is 4.74 Å². The highest BCUT2D eigenvalue weighted by Gasteiger charge is 2.25. The van der Waals surface area contributed by atoms with Crippen LogP contribution in [0.3, 0.4) is 0 Å². The molecule has 0 bridgehead atoms. The SMILES string of the molecule is N[C@H]1CCC[C@H]1Oc1ccc(Br)cc1. The highest BCUT2D eigenvalue weighted by atomic mass is 79.9. The Morgan fingerprint density at radius 3 is 2.50 bits per heavy atom. The van der Waals surface area contributed by atoms with Gasteiger partial charge in [-0.15, -0.1) is 0 Å². The van der Waals surface area contributed by atoms with Crippen LogP contribution < -0.4 is 10.5 Å². The summed E-state index contributed by atoms with van der Waals surface area (Å²) in [5, 5.41) is 0. The Bertz CT molecular complexity index is 299. The summed E-state index contributed by atoms with van der Waals surface area (Å²) in [4.78, 5) is 0. The molecule has 0 saturated heterocycles. The maximum atomic E-state index is 5.92. The number of halogens is 1. The summed E-state index contributed by atoms with van der Waals surface area (Å²) in [6.07, 6.45) is 3.55. The summed E-state index contributed by atoms with van der Waals surface area (Å²) < 4.78 is 6.87. The van der Waals surface area contributed by atoms with Crippen LogP contribution >= 0.6 is 15.9 Å². The fraction of sp³-hybridized carbons (Fsp3) is 0.455. The lowest BCUT2D eigenvalue weighted by Gasteiger charge is -2.17. The summed E-state index contributed by atoms with van der Waals surface area (Å²) in [5.74, 6) is 0.913. The van der Waals surface area contributed by atoms with Crippen molar-refractivity contribution >= 4 is 15.9 Å². The molecule has 3 heteroatoms. The molecule has 0 radical (unpaired) electrons. The van der Waals surface area contributed by atoms with E-state index in [1.54, 1.807) is 0 Å². The van der Waals surface area contributed by atoms with Gasteiger partial charge in [-0.3, -0.25) is 0 Å². The normalized spacial score (nSPS) is 26.4. The van der Waals surface area contributed by atoms with Crippen molar-refractivity contribution in [1.82, 2.24) is 0 Å². The zero-order valence-electron chi connectivity index (χ0n) is 7.95. The zero-order valence-corrected chi connectivity index (χ0v) is 9.53. The van der Waals surface area contributed by atoms with Gasteiger partial charge in [0, 0.05) is 10.5 Å². The Hall–Kier alpha value is -0.540. The van der Waals surface area contributed by atoms with Crippen LogP contribution in [0.4, 0.5) is 0 Å². The lowest BCUT2D eigenvalue weighted by atomic mass is 10.2. The summed E-state index contributed by atoms with van der Waals surface area (Å²) >= 11 is 3.39. The van der Waals surface area contributed by atoms with Crippen molar-refractivity contribution in [2.24, 2.45) is 5.73 Å². The van der Waals surface area contributed by atoms with Gasteiger partial charge in [-0.05, 0) is 43.5 Å². The topological polar surface area (TPSA) is 35.2 Å². The molecule has 2 N–H and O–H groups in total. The van der Waals surface area contributed by atoms with Crippen molar-refractivity contribution in [3.63, 3.8) is 0 Å². The molecule has 14 heavy (non-hydrogen) atoms. The van der Waals surface area contributed by atoms with Crippen LogP contribution in [0.2, 0.25) is 0 Å². The molecule has 2 rings (SSSR count). The first-order valence-corrected chi connectivity index (χ1v) is 5.73. The van der Waals surface area contributed by atoms with E-state index in [9.17, 15) is 0 Å². The molecule has 1 aromatic carbocycles. The lowest BCUT2D eigenvalue weighted by Crippen LogP contribution is -2.33. The van der Waals surface area contributed by atoms with Crippen LogP contribution in [0, 0.1) is 0 Å². The highest BCUT2D eigenvalue weighted by Crippen LogP contribution is 2.24. The van der Waals surface area contributed by atoms with Crippen molar-refractivity contribution in [2.75, 3.05) is 0 Å². The van der Waals surface area contributed by atoms with E-state index < -0.39 is 0 Å². The Morgan fingerprint density at radius 1 is 1.21 bits per heavy atom. The second kappa shape index (κ2) is 4.32. The molecule has 1 fully saturated rings. The van der Waals surface area contributed by atoms with Gasteiger partial charge in [0.1, 0.15) is 11.9 Å². The summed E-state index contributed by atoms with van der Waals surface area (Å²) in [5.41, 5.74) is 5.92. The van der Waals surface area contributed by atoms with Gasteiger partial charge >= 0.3 is 0 Å². The highest BCUT2D eigenvalue weighted by molar-refractivity contribution is 9.10. The zero-order chi connectivity index (χ0) is 9.97. The molecule has 2 nitrogen and oxygen atoms in total. The molecule has 0 aliphatic heterocycles. The number of benzene rings is 1. The summed E-state index contributed by atoms with van der Waals surface area (Å²) in [6, 6.07) is 8.11. The fourth-order valence-electron chi connectivity index (χ4n) is 1.79. The van der Waals surface area contributed by atoms with E-state index in [0.29, 0.717) is 0 Å². The van der Waals surface area contributed by atoms with Gasteiger partial charge in [-0.2, -0.15) is 0 Å². The molecule has 1 aromatic rings. The van der Waals surface area contributed by atoms with E-state index in [1.165, 1.54) is 6.42 Å². The standard InChI is InChI=1S/C11H14BrNO/c12-8-4-6-9(7-5-8)14-11-3-1-2-10(11)13/h4-7,10-11H,1-3,13H2/t10-,11+/m0/s1. The second-order valence-corrected chi connectivity index (χ2v) is 4.62. The lowest BCUT2D eigenvalue weighted by molar-refractivity contribution is 0.191. The molecule has 0 amide bonds. The predicted molar refractivity (Wildman–Crippen MR) is 60.4 cm³/mol. The molecular weight excluding hydrogens is 242 g/mol. The third-order valence-electron chi connectivity index (χ3n) is 2.60. The van der Waals surface area contributed by atoms with Crippen LogP contribution in [0.15, 0.2) is 28.7 Å². The van der Waals surface area contributed by atoms with Crippen molar-refractivity contribution in [2.45, 2.75) is 31.4 Å². The average Bonchev–Trinajstić information content (AvgIpc) is 2.56. The largest absolute Gasteiger partial charge is 0.489 e. The van der Waals surface area contributed by atoms with Gasteiger partial charge in [0.2, 0.25) is 0 Å². The van der Waals surface area contributed by atoms with E-state index in [0.717, 1.165) is 23.1 Å². The van der Waals surface area contributed by atoms with Gasteiger partial charge < -0.3 is 10.5 Å². The van der Waals surface area contributed by atoms with Gasteiger partial charge in [-0.25, -0.2) is 0 Å². The molecule has 0 aromatic heterocycles. The van der Waals surface area contributed by atoms with E-state index >= 15 is 0 Å². The number of hydrogen-bond donors (Lipinski definition) is 1. The Labute approximate surface area is 92.6 Å². The number of hydrogen-bond acceptors (Lipinski definition) is 2. The quantitative estimate of drug-likeness (QED) is 0.882. The average molecular weight is 256 g/mol. The maximum absolute atomic E-state index is 5.92. The van der Waals surface area contributed by atoms with Gasteiger partial charge in [0.25, 0.3) is 0 Å². The molecule has 0 unspecified atom stereocenters. The van der Waals surface area contributed by atoms with Crippen LogP contribution in [-0.4, -0.2) is 12.1 Å². The first-order chi connectivity index (χ1) is 6.75. The van der Waals surface area contributed by atoms with Crippen LogP contribution in [0.1, 0.15) is 19.3 Å². The molecule has 1 aliphatic rings.